The van der Waals surface area contributed by atoms with Crippen molar-refractivity contribution < 1.29 is 23.8 Å². The summed E-state index contributed by atoms with van der Waals surface area (Å²) in [5.74, 6) is -0.321. The first kappa shape index (κ1) is 24.6. The number of anilines is 1. The number of aromatic amines is 1. The maximum atomic E-state index is 14.4. The van der Waals surface area contributed by atoms with Crippen LogP contribution in [0.15, 0.2) is 55.0 Å². The van der Waals surface area contributed by atoms with Crippen LogP contribution in [0.1, 0.15) is 40.4 Å². The number of aliphatic hydroxyl groups excluding tert-OH is 1. The van der Waals surface area contributed by atoms with Gasteiger partial charge in [-0.2, -0.15) is 5.10 Å². The second-order valence-corrected chi connectivity index (χ2v) is 8.84. The molecule has 10 nitrogen and oxygen atoms in total. The first-order valence-electron chi connectivity index (χ1n) is 11.9. The van der Waals surface area contributed by atoms with Crippen molar-refractivity contribution in [3.63, 3.8) is 0 Å². The first-order chi connectivity index (χ1) is 18.0. The first-order valence-corrected chi connectivity index (χ1v) is 11.9. The largest absolute Gasteiger partial charge is 0.494 e. The van der Waals surface area contributed by atoms with E-state index in [0.29, 0.717) is 41.2 Å². The molecule has 4 aromatic rings. The topological polar surface area (TPSA) is 134 Å². The molecule has 0 spiro atoms. The highest BCUT2D eigenvalue weighted by Crippen LogP contribution is 2.27. The lowest BCUT2D eigenvalue weighted by Gasteiger charge is -2.29. The SMILES string of the molecule is COc1ccc(C(NC(=O)c2ccc3cnc(NC4CCOC(CO)C4)nc3c2)c2cn[nH]c2)cc1F. The lowest BCUT2D eigenvalue weighted by atomic mass is 10.0. The Bertz CT molecular complexity index is 1380. The summed E-state index contributed by atoms with van der Waals surface area (Å²) in [6.07, 6.45) is 6.16. The van der Waals surface area contributed by atoms with E-state index in [2.05, 4.69) is 30.8 Å². The Kier molecular flexibility index (Phi) is 7.24. The van der Waals surface area contributed by atoms with Crippen molar-refractivity contribution in [1.82, 2.24) is 25.5 Å². The highest BCUT2D eigenvalue weighted by molar-refractivity contribution is 5.98. The molecule has 1 fully saturated rings. The Morgan fingerprint density at radius 3 is 2.92 bits per heavy atom. The Hall–Kier alpha value is -4.09. The predicted molar refractivity (Wildman–Crippen MR) is 134 cm³/mol. The predicted octanol–water partition coefficient (Wildman–Crippen LogP) is 2.97. The summed E-state index contributed by atoms with van der Waals surface area (Å²) in [6, 6.07) is 9.16. The molecule has 3 heterocycles. The quantitative estimate of drug-likeness (QED) is 0.287. The maximum absolute atomic E-state index is 14.4. The molecule has 0 bridgehead atoms. The minimum absolute atomic E-state index is 0.0296. The standard InChI is InChI=1S/C26H27FN6O4/c1-36-23-5-4-15(8-21(23)27)24(18-12-29-30-13-18)33-25(35)16-2-3-17-11-28-26(32-22(17)9-16)31-19-6-7-37-20(10-19)14-34/h2-5,8-9,11-13,19-20,24,34H,6-7,10,14H2,1H3,(H,29,30)(H,33,35)(H,28,31,32). The number of aliphatic hydroxyl groups is 1. The van der Waals surface area contributed by atoms with Crippen LogP contribution in [0.25, 0.3) is 10.9 Å². The number of nitrogens with zero attached hydrogens (tertiary/aromatic N) is 3. The molecule has 2 aromatic heterocycles. The van der Waals surface area contributed by atoms with Gasteiger partial charge in [-0.05, 0) is 42.7 Å². The summed E-state index contributed by atoms with van der Waals surface area (Å²) in [5.41, 5.74) is 2.21. The second kappa shape index (κ2) is 10.9. The fraction of sp³-hybridized carbons (Fsp3) is 0.308. The van der Waals surface area contributed by atoms with Crippen molar-refractivity contribution >= 4 is 22.8 Å². The van der Waals surface area contributed by atoms with Crippen LogP contribution >= 0.6 is 0 Å². The van der Waals surface area contributed by atoms with Crippen LogP contribution in [0.5, 0.6) is 5.75 Å². The molecule has 0 saturated carbocycles. The fourth-order valence-electron chi connectivity index (χ4n) is 4.41. The molecule has 1 saturated heterocycles. The number of fused-ring (bicyclic) bond motifs is 1. The van der Waals surface area contributed by atoms with Crippen molar-refractivity contribution in [1.29, 1.82) is 0 Å². The van der Waals surface area contributed by atoms with E-state index in [1.54, 1.807) is 42.9 Å². The molecular weight excluding hydrogens is 479 g/mol. The number of hydrogen-bond acceptors (Lipinski definition) is 8. The minimum atomic E-state index is -0.641. The number of aromatic nitrogens is 4. The second-order valence-electron chi connectivity index (χ2n) is 8.84. The number of methoxy groups -OCH3 is 1. The molecule has 1 aliphatic heterocycles. The van der Waals surface area contributed by atoms with E-state index >= 15 is 0 Å². The van der Waals surface area contributed by atoms with Gasteiger partial charge in [0.15, 0.2) is 11.6 Å². The summed E-state index contributed by atoms with van der Waals surface area (Å²) in [7, 11) is 1.40. The average molecular weight is 507 g/mol. The molecule has 4 N–H and O–H groups in total. The van der Waals surface area contributed by atoms with Gasteiger partial charge in [-0.1, -0.05) is 12.1 Å². The summed E-state index contributed by atoms with van der Waals surface area (Å²) < 4.78 is 25.0. The van der Waals surface area contributed by atoms with Gasteiger partial charge in [-0.15, -0.1) is 0 Å². The van der Waals surface area contributed by atoms with Crippen LogP contribution in [0.2, 0.25) is 0 Å². The van der Waals surface area contributed by atoms with Crippen LogP contribution in [0.3, 0.4) is 0 Å². The summed E-state index contributed by atoms with van der Waals surface area (Å²) in [6.45, 7) is 0.523. The van der Waals surface area contributed by atoms with Gasteiger partial charge < -0.3 is 25.2 Å². The number of halogens is 1. The van der Waals surface area contributed by atoms with E-state index in [1.165, 1.54) is 19.2 Å². The molecule has 0 radical (unpaired) electrons. The molecule has 1 aliphatic rings. The van der Waals surface area contributed by atoms with E-state index < -0.39 is 11.9 Å². The van der Waals surface area contributed by atoms with Crippen molar-refractivity contribution in [3.8, 4) is 5.75 Å². The zero-order chi connectivity index (χ0) is 25.8. The fourth-order valence-corrected chi connectivity index (χ4v) is 4.41. The number of carbonyl (C=O) groups is 1. The average Bonchev–Trinajstić information content (AvgIpc) is 3.46. The van der Waals surface area contributed by atoms with Crippen molar-refractivity contribution in [2.45, 2.75) is 31.0 Å². The third-order valence-electron chi connectivity index (χ3n) is 6.39. The third kappa shape index (κ3) is 5.52. The monoisotopic (exact) mass is 506 g/mol. The minimum Gasteiger partial charge on any atom is -0.494 e. The molecule has 5 rings (SSSR count). The van der Waals surface area contributed by atoms with Gasteiger partial charge in [0.05, 0.1) is 37.6 Å². The van der Waals surface area contributed by atoms with Crippen LogP contribution < -0.4 is 15.4 Å². The molecule has 11 heteroatoms. The van der Waals surface area contributed by atoms with E-state index in [4.69, 9.17) is 9.47 Å². The number of ether oxygens (including phenoxy) is 2. The molecule has 0 aliphatic carbocycles. The third-order valence-corrected chi connectivity index (χ3v) is 6.39. The molecule has 2 aromatic carbocycles. The van der Waals surface area contributed by atoms with Crippen molar-refractivity contribution in [3.05, 3.63) is 77.5 Å². The normalized spacial score (nSPS) is 18.4. The summed E-state index contributed by atoms with van der Waals surface area (Å²) in [4.78, 5) is 22.3. The number of amides is 1. The summed E-state index contributed by atoms with van der Waals surface area (Å²) >= 11 is 0. The van der Waals surface area contributed by atoms with Gasteiger partial charge >= 0.3 is 0 Å². The highest BCUT2D eigenvalue weighted by Gasteiger charge is 2.23. The number of hydrogen-bond donors (Lipinski definition) is 4. The zero-order valence-corrected chi connectivity index (χ0v) is 20.1. The van der Waals surface area contributed by atoms with E-state index in [-0.39, 0.29) is 30.4 Å². The van der Waals surface area contributed by atoms with E-state index in [1.807, 2.05) is 0 Å². The van der Waals surface area contributed by atoms with Crippen molar-refractivity contribution in [2.24, 2.45) is 0 Å². The molecule has 37 heavy (non-hydrogen) atoms. The summed E-state index contributed by atoms with van der Waals surface area (Å²) in [5, 5.41) is 23.1. The van der Waals surface area contributed by atoms with Gasteiger partial charge in [-0.3, -0.25) is 9.89 Å². The van der Waals surface area contributed by atoms with Crippen LogP contribution in [0, 0.1) is 5.82 Å². The number of rotatable bonds is 8. The number of carbonyl (C=O) groups excluding carboxylic acids is 1. The number of benzene rings is 2. The van der Waals surface area contributed by atoms with Gasteiger partial charge in [-0.25, -0.2) is 14.4 Å². The van der Waals surface area contributed by atoms with Crippen LogP contribution in [-0.2, 0) is 4.74 Å². The zero-order valence-electron chi connectivity index (χ0n) is 20.1. The van der Waals surface area contributed by atoms with E-state index in [9.17, 15) is 14.3 Å². The Labute approximate surface area is 212 Å². The molecule has 192 valence electrons. The Morgan fingerprint density at radius 2 is 2.16 bits per heavy atom. The Morgan fingerprint density at radius 1 is 1.27 bits per heavy atom. The van der Waals surface area contributed by atoms with Gasteiger partial charge in [0.25, 0.3) is 5.91 Å². The van der Waals surface area contributed by atoms with Crippen LogP contribution in [0.4, 0.5) is 10.3 Å². The lowest BCUT2D eigenvalue weighted by molar-refractivity contribution is -0.0213. The molecule has 3 unspecified atom stereocenters. The molecular formula is C26H27FN6O4. The maximum Gasteiger partial charge on any atom is 0.252 e. The number of nitrogens with one attached hydrogen (secondary N) is 3. The van der Waals surface area contributed by atoms with Gasteiger partial charge in [0.2, 0.25) is 5.95 Å². The Balaban J connectivity index is 1.37. The lowest BCUT2D eigenvalue weighted by Crippen LogP contribution is -2.36. The van der Waals surface area contributed by atoms with Gasteiger partial charge in [0, 0.05) is 41.6 Å². The van der Waals surface area contributed by atoms with Crippen LogP contribution in [-0.4, -0.2) is 63.6 Å². The smallest absolute Gasteiger partial charge is 0.252 e. The van der Waals surface area contributed by atoms with E-state index in [0.717, 1.165) is 11.8 Å². The highest BCUT2D eigenvalue weighted by atomic mass is 19.1. The molecule has 1 amide bonds. The number of H-pyrrole nitrogens is 1. The van der Waals surface area contributed by atoms with Crippen molar-refractivity contribution in [2.75, 3.05) is 25.6 Å². The van der Waals surface area contributed by atoms with Gasteiger partial charge in [0.1, 0.15) is 0 Å². The molecule has 3 atom stereocenters.